The monoisotopic (exact) mass is 359 g/mol. The number of benzene rings is 2. The summed E-state index contributed by atoms with van der Waals surface area (Å²) in [7, 11) is -3.67. The summed E-state index contributed by atoms with van der Waals surface area (Å²) in [5.41, 5.74) is 2.62. The molecule has 2 aromatic carbocycles. The lowest BCUT2D eigenvalue weighted by atomic mass is 10.0. The molecular formula is C19H21NO4S. The van der Waals surface area contributed by atoms with Gasteiger partial charge < -0.3 is 4.74 Å². The molecule has 6 heteroatoms. The Balaban J connectivity index is 1.72. The Labute approximate surface area is 148 Å². The Bertz CT molecular complexity index is 905. The van der Waals surface area contributed by atoms with Gasteiger partial charge in [0, 0.05) is 18.0 Å². The summed E-state index contributed by atoms with van der Waals surface area (Å²) in [4.78, 5) is 11.6. The Morgan fingerprint density at radius 2 is 2.04 bits per heavy atom. The Morgan fingerprint density at radius 1 is 1.24 bits per heavy atom. The van der Waals surface area contributed by atoms with Gasteiger partial charge >= 0.3 is 0 Å². The molecule has 1 atom stereocenters. The zero-order chi connectivity index (χ0) is 18.0. The normalized spacial score (nSPS) is 14.6. The quantitative estimate of drug-likeness (QED) is 0.805. The second-order valence-electron chi connectivity index (χ2n) is 6.35. The van der Waals surface area contributed by atoms with Crippen molar-refractivity contribution < 1.29 is 17.9 Å². The van der Waals surface area contributed by atoms with Crippen molar-refractivity contribution in [3.63, 3.8) is 0 Å². The third kappa shape index (κ3) is 4.08. The smallest absolute Gasteiger partial charge is 0.240 e. The maximum absolute atomic E-state index is 12.6. The van der Waals surface area contributed by atoms with E-state index >= 15 is 0 Å². The number of nitrogens with one attached hydrogen (secondary N) is 1. The van der Waals surface area contributed by atoms with Gasteiger partial charge in [-0.15, -0.1) is 0 Å². The van der Waals surface area contributed by atoms with Crippen LogP contribution >= 0.6 is 0 Å². The van der Waals surface area contributed by atoms with E-state index in [9.17, 15) is 13.2 Å². The lowest BCUT2D eigenvalue weighted by molar-refractivity contribution is 0.101. The van der Waals surface area contributed by atoms with E-state index in [0.29, 0.717) is 18.6 Å². The van der Waals surface area contributed by atoms with Crippen LogP contribution in [0.4, 0.5) is 0 Å². The van der Waals surface area contributed by atoms with Gasteiger partial charge in [-0.05, 0) is 49.6 Å². The molecule has 0 aromatic heterocycles. The molecule has 25 heavy (non-hydrogen) atoms. The largest absolute Gasteiger partial charge is 0.493 e. The van der Waals surface area contributed by atoms with Gasteiger partial charge in [-0.1, -0.05) is 24.3 Å². The van der Waals surface area contributed by atoms with Crippen LogP contribution < -0.4 is 9.46 Å². The number of sulfonamides is 1. The van der Waals surface area contributed by atoms with Gasteiger partial charge in [0.15, 0.2) is 5.78 Å². The molecule has 1 unspecified atom stereocenters. The van der Waals surface area contributed by atoms with Gasteiger partial charge in [-0.3, -0.25) is 4.79 Å². The number of Topliss-reactive ketones (excluding diaryl/α,β-unsaturated/α-hetero) is 1. The average Bonchev–Trinajstić information content (AvgIpc) is 3.02. The van der Waals surface area contributed by atoms with Crippen LogP contribution in [0.1, 0.15) is 35.3 Å². The van der Waals surface area contributed by atoms with Crippen molar-refractivity contribution in [3.8, 4) is 5.75 Å². The number of carbonyl (C=O) groups excluding carboxylic acids is 1. The van der Waals surface area contributed by atoms with Gasteiger partial charge in [0.25, 0.3) is 0 Å². The predicted octanol–water partition coefficient (Wildman–Crippen LogP) is 2.73. The number of rotatable bonds is 6. The minimum Gasteiger partial charge on any atom is -0.493 e. The van der Waals surface area contributed by atoms with Gasteiger partial charge in [0.1, 0.15) is 5.75 Å². The molecule has 0 aliphatic carbocycles. The molecule has 1 aliphatic heterocycles. The number of fused-ring (bicyclic) bond motifs is 1. The molecule has 132 valence electrons. The first-order valence-corrected chi connectivity index (χ1v) is 9.71. The van der Waals surface area contributed by atoms with Crippen LogP contribution in [0.2, 0.25) is 0 Å². The van der Waals surface area contributed by atoms with E-state index in [1.54, 1.807) is 12.1 Å². The number of hydrogen-bond acceptors (Lipinski definition) is 4. The third-order valence-electron chi connectivity index (χ3n) is 4.20. The van der Waals surface area contributed by atoms with Crippen LogP contribution in [-0.2, 0) is 22.9 Å². The fourth-order valence-corrected chi connectivity index (χ4v) is 4.27. The van der Waals surface area contributed by atoms with Crippen molar-refractivity contribution >= 4 is 15.8 Å². The molecular weight excluding hydrogens is 338 g/mol. The number of ether oxygens (including phenoxy) is 1. The molecule has 0 bridgehead atoms. The van der Waals surface area contributed by atoms with Gasteiger partial charge in [-0.25, -0.2) is 13.1 Å². The van der Waals surface area contributed by atoms with E-state index in [0.717, 1.165) is 17.7 Å². The van der Waals surface area contributed by atoms with Crippen molar-refractivity contribution in [1.82, 2.24) is 4.72 Å². The molecule has 1 N–H and O–H groups in total. The maximum atomic E-state index is 12.6. The number of carbonyl (C=O) groups is 1. The highest BCUT2D eigenvalue weighted by atomic mass is 32.2. The van der Waals surface area contributed by atoms with E-state index in [1.165, 1.54) is 24.6 Å². The van der Waals surface area contributed by atoms with Crippen LogP contribution in [0.3, 0.4) is 0 Å². The SMILES string of the molecule is CC(=O)c1cccc(S(=O)(=O)NC(C)Cc2ccc3c(c2)CCO3)c1. The Morgan fingerprint density at radius 3 is 2.80 bits per heavy atom. The molecule has 1 heterocycles. The highest BCUT2D eigenvalue weighted by molar-refractivity contribution is 7.89. The molecule has 1 aliphatic rings. The van der Waals surface area contributed by atoms with E-state index in [-0.39, 0.29) is 16.7 Å². The second kappa shape index (κ2) is 6.98. The van der Waals surface area contributed by atoms with Crippen LogP contribution in [0.5, 0.6) is 5.75 Å². The molecule has 5 nitrogen and oxygen atoms in total. The van der Waals surface area contributed by atoms with Crippen molar-refractivity contribution in [1.29, 1.82) is 0 Å². The number of hydrogen-bond donors (Lipinski definition) is 1. The van der Waals surface area contributed by atoms with Crippen LogP contribution in [0.25, 0.3) is 0 Å². The van der Waals surface area contributed by atoms with Crippen LogP contribution in [-0.4, -0.2) is 26.8 Å². The highest BCUT2D eigenvalue weighted by Crippen LogP contribution is 2.26. The Kier molecular flexibility index (Phi) is 4.92. The average molecular weight is 359 g/mol. The molecule has 0 radical (unpaired) electrons. The van der Waals surface area contributed by atoms with Gasteiger partial charge in [0.2, 0.25) is 10.0 Å². The van der Waals surface area contributed by atoms with Crippen molar-refractivity contribution in [2.75, 3.05) is 6.61 Å². The topological polar surface area (TPSA) is 72.5 Å². The van der Waals surface area contributed by atoms with Gasteiger partial charge in [-0.2, -0.15) is 0 Å². The molecule has 3 rings (SSSR count). The summed E-state index contributed by atoms with van der Waals surface area (Å²) in [6.45, 7) is 3.95. The minimum atomic E-state index is -3.67. The lowest BCUT2D eigenvalue weighted by Crippen LogP contribution is -2.34. The molecule has 0 saturated carbocycles. The highest BCUT2D eigenvalue weighted by Gasteiger charge is 2.19. The van der Waals surface area contributed by atoms with Gasteiger partial charge in [0.05, 0.1) is 11.5 Å². The molecule has 0 spiro atoms. The van der Waals surface area contributed by atoms with Crippen LogP contribution in [0.15, 0.2) is 47.4 Å². The first-order chi connectivity index (χ1) is 11.8. The standard InChI is InChI=1S/C19H21NO4S/c1-13(10-15-6-7-19-17(11-15)8-9-24-19)20-25(22,23)18-5-3-4-16(12-18)14(2)21/h3-7,11-13,20H,8-10H2,1-2H3. The fraction of sp³-hybridized carbons (Fsp3) is 0.316. The first kappa shape index (κ1) is 17.6. The molecule has 2 aromatic rings. The zero-order valence-electron chi connectivity index (χ0n) is 14.3. The van der Waals surface area contributed by atoms with Crippen molar-refractivity contribution in [3.05, 3.63) is 59.2 Å². The second-order valence-corrected chi connectivity index (χ2v) is 8.06. The Hall–Kier alpha value is -2.18. The van der Waals surface area contributed by atoms with Crippen LogP contribution in [0, 0.1) is 0 Å². The van der Waals surface area contributed by atoms with E-state index < -0.39 is 10.0 Å². The summed E-state index contributed by atoms with van der Waals surface area (Å²) >= 11 is 0. The van der Waals surface area contributed by atoms with E-state index in [1.807, 2.05) is 19.1 Å². The number of ketones is 1. The third-order valence-corrected chi connectivity index (χ3v) is 5.79. The summed E-state index contributed by atoms with van der Waals surface area (Å²) in [5, 5.41) is 0. The summed E-state index contributed by atoms with van der Waals surface area (Å²) in [6.07, 6.45) is 1.47. The first-order valence-electron chi connectivity index (χ1n) is 8.23. The predicted molar refractivity (Wildman–Crippen MR) is 95.6 cm³/mol. The lowest BCUT2D eigenvalue weighted by Gasteiger charge is -2.15. The van der Waals surface area contributed by atoms with Crippen molar-refractivity contribution in [2.45, 2.75) is 37.6 Å². The summed E-state index contributed by atoms with van der Waals surface area (Å²) in [6, 6.07) is 11.8. The summed E-state index contributed by atoms with van der Waals surface area (Å²) in [5.74, 6) is 0.753. The van der Waals surface area contributed by atoms with Crippen molar-refractivity contribution in [2.24, 2.45) is 0 Å². The van der Waals surface area contributed by atoms with E-state index in [4.69, 9.17) is 4.74 Å². The molecule has 0 amide bonds. The zero-order valence-corrected chi connectivity index (χ0v) is 15.1. The molecule has 0 fully saturated rings. The fourth-order valence-electron chi connectivity index (χ4n) is 2.98. The minimum absolute atomic E-state index is 0.106. The molecule has 0 saturated heterocycles. The summed E-state index contributed by atoms with van der Waals surface area (Å²) < 4.78 is 33.3. The van der Waals surface area contributed by atoms with E-state index in [2.05, 4.69) is 10.8 Å². The maximum Gasteiger partial charge on any atom is 0.240 e.